The van der Waals surface area contributed by atoms with Crippen LogP contribution in [0.25, 0.3) is 0 Å². The van der Waals surface area contributed by atoms with E-state index in [9.17, 15) is 17.6 Å². The van der Waals surface area contributed by atoms with Crippen LogP contribution in [0.2, 0.25) is 0 Å². The largest absolute Gasteiger partial charge is 0.495 e. The highest BCUT2D eigenvalue weighted by molar-refractivity contribution is 7.98. The fraction of sp³-hybridized carbons (Fsp3) is 0.350. The van der Waals surface area contributed by atoms with Crippen LogP contribution in [0.1, 0.15) is 12.0 Å². The van der Waals surface area contributed by atoms with Crippen molar-refractivity contribution < 1.29 is 22.3 Å². The van der Waals surface area contributed by atoms with Gasteiger partial charge >= 0.3 is 0 Å². The number of rotatable bonds is 11. The van der Waals surface area contributed by atoms with E-state index < -0.39 is 10.0 Å². The van der Waals surface area contributed by atoms with Gasteiger partial charge in [0.2, 0.25) is 15.9 Å². The van der Waals surface area contributed by atoms with E-state index >= 15 is 0 Å². The van der Waals surface area contributed by atoms with Crippen molar-refractivity contribution in [2.75, 3.05) is 36.5 Å². The highest BCUT2D eigenvalue weighted by atomic mass is 32.2. The van der Waals surface area contributed by atoms with Crippen molar-refractivity contribution >= 4 is 33.4 Å². The first kappa shape index (κ1) is 23.0. The summed E-state index contributed by atoms with van der Waals surface area (Å²) in [5.74, 6) is 1.33. The van der Waals surface area contributed by atoms with Crippen molar-refractivity contribution in [2.45, 2.75) is 12.2 Å². The van der Waals surface area contributed by atoms with E-state index in [1.807, 2.05) is 0 Å². The quantitative estimate of drug-likeness (QED) is 0.544. The topological polar surface area (TPSA) is 75.7 Å². The van der Waals surface area contributed by atoms with Crippen LogP contribution in [0.5, 0.6) is 5.75 Å². The standard InChI is InChI=1S/C20H25FN2O4S2/c1-27-19-7-4-3-6-18(19)23(29(2,25)26)14-20(24)22-12-5-13-28-15-16-8-10-17(21)11-9-16/h3-4,6-11H,5,12-15H2,1-2H3,(H,22,24). The van der Waals surface area contributed by atoms with Crippen LogP contribution in [-0.4, -0.2) is 46.5 Å². The molecule has 0 aliphatic rings. The molecule has 0 radical (unpaired) electrons. The lowest BCUT2D eigenvalue weighted by Crippen LogP contribution is -2.40. The van der Waals surface area contributed by atoms with E-state index in [1.54, 1.807) is 48.2 Å². The van der Waals surface area contributed by atoms with Gasteiger partial charge < -0.3 is 10.1 Å². The number of nitrogens with zero attached hydrogens (tertiary/aromatic N) is 1. The van der Waals surface area contributed by atoms with Gasteiger partial charge in [0.25, 0.3) is 0 Å². The predicted molar refractivity (Wildman–Crippen MR) is 115 cm³/mol. The third-order valence-electron chi connectivity index (χ3n) is 4.01. The van der Waals surface area contributed by atoms with Crippen LogP contribution in [0, 0.1) is 5.82 Å². The second-order valence-electron chi connectivity index (χ2n) is 6.32. The van der Waals surface area contributed by atoms with Gasteiger partial charge in [-0.2, -0.15) is 11.8 Å². The summed E-state index contributed by atoms with van der Waals surface area (Å²) in [5, 5.41) is 2.75. The second-order valence-corrected chi connectivity index (χ2v) is 9.34. The molecule has 0 aromatic heterocycles. The van der Waals surface area contributed by atoms with E-state index in [1.165, 1.54) is 19.2 Å². The Balaban J connectivity index is 1.79. The molecule has 6 nitrogen and oxygen atoms in total. The average molecular weight is 441 g/mol. The van der Waals surface area contributed by atoms with Crippen molar-refractivity contribution in [3.8, 4) is 5.75 Å². The summed E-state index contributed by atoms with van der Waals surface area (Å²) in [4.78, 5) is 12.3. The molecular weight excluding hydrogens is 415 g/mol. The number of carbonyl (C=O) groups is 1. The second kappa shape index (κ2) is 11.1. The van der Waals surface area contributed by atoms with Gasteiger partial charge in [0.1, 0.15) is 18.1 Å². The van der Waals surface area contributed by atoms with Gasteiger partial charge in [-0.25, -0.2) is 12.8 Å². The lowest BCUT2D eigenvalue weighted by atomic mass is 10.2. The number of anilines is 1. The number of hydrogen-bond donors (Lipinski definition) is 1. The van der Waals surface area contributed by atoms with Crippen molar-refractivity contribution in [1.82, 2.24) is 5.32 Å². The Labute approximate surface area is 175 Å². The minimum Gasteiger partial charge on any atom is -0.495 e. The number of thioether (sulfide) groups is 1. The number of benzene rings is 2. The zero-order valence-electron chi connectivity index (χ0n) is 16.4. The molecule has 2 aromatic rings. The molecule has 0 saturated heterocycles. The van der Waals surface area contributed by atoms with Crippen LogP contribution in [0.15, 0.2) is 48.5 Å². The minimum absolute atomic E-state index is 0.252. The molecule has 0 unspecified atom stereocenters. The number of methoxy groups -OCH3 is 1. The SMILES string of the molecule is COc1ccccc1N(CC(=O)NCCCSCc1ccc(F)cc1)S(C)(=O)=O. The molecule has 29 heavy (non-hydrogen) atoms. The predicted octanol–water partition coefficient (Wildman–Crippen LogP) is 3.04. The zero-order valence-corrected chi connectivity index (χ0v) is 18.1. The number of carbonyl (C=O) groups excluding carboxylic acids is 1. The van der Waals surface area contributed by atoms with E-state index in [0.29, 0.717) is 18.0 Å². The fourth-order valence-corrected chi connectivity index (χ4v) is 4.36. The van der Waals surface area contributed by atoms with Gasteiger partial charge in [0, 0.05) is 12.3 Å². The summed E-state index contributed by atoms with van der Waals surface area (Å²) in [6.45, 7) is 0.126. The van der Waals surface area contributed by atoms with Gasteiger partial charge in [-0.15, -0.1) is 0 Å². The van der Waals surface area contributed by atoms with Crippen molar-refractivity contribution in [3.63, 3.8) is 0 Å². The molecule has 0 bridgehead atoms. The number of hydrogen-bond acceptors (Lipinski definition) is 5. The number of sulfonamides is 1. The maximum absolute atomic E-state index is 12.9. The van der Waals surface area contributed by atoms with Crippen LogP contribution in [0.4, 0.5) is 10.1 Å². The summed E-state index contributed by atoms with van der Waals surface area (Å²) in [7, 11) is -2.21. The molecule has 158 valence electrons. The van der Waals surface area contributed by atoms with Gasteiger partial charge in [-0.1, -0.05) is 24.3 Å². The smallest absolute Gasteiger partial charge is 0.240 e. The third-order valence-corrected chi connectivity index (χ3v) is 6.25. The Bertz CT molecular complexity index is 905. The van der Waals surface area contributed by atoms with Gasteiger partial charge in [-0.05, 0) is 42.0 Å². The van der Waals surface area contributed by atoms with E-state index in [0.717, 1.165) is 34.1 Å². The molecule has 0 saturated carbocycles. The first-order valence-electron chi connectivity index (χ1n) is 9.01. The molecule has 0 heterocycles. The number of amides is 1. The van der Waals surface area contributed by atoms with Crippen LogP contribution >= 0.6 is 11.8 Å². The number of para-hydroxylation sites is 2. The van der Waals surface area contributed by atoms with Gasteiger partial charge in [0.05, 0.1) is 19.1 Å². The molecule has 2 aromatic carbocycles. The summed E-state index contributed by atoms with van der Waals surface area (Å²) in [5.41, 5.74) is 1.36. The van der Waals surface area contributed by atoms with E-state index in [4.69, 9.17) is 4.74 Å². The number of nitrogens with one attached hydrogen (secondary N) is 1. The average Bonchev–Trinajstić information content (AvgIpc) is 2.69. The Kier molecular flexibility index (Phi) is 8.78. The summed E-state index contributed by atoms with van der Waals surface area (Å²) >= 11 is 1.69. The lowest BCUT2D eigenvalue weighted by molar-refractivity contribution is -0.119. The molecule has 2 rings (SSSR count). The van der Waals surface area contributed by atoms with Crippen molar-refractivity contribution in [1.29, 1.82) is 0 Å². The molecule has 1 amide bonds. The molecule has 0 aliphatic heterocycles. The van der Waals surface area contributed by atoms with Gasteiger partial charge in [-0.3, -0.25) is 9.10 Å². The minimum atomic E-state index is -3.66. The lowest BCUT2D eigenvalue weighted by Gasteiger charge is -2.23. The summed E-state index contributed by atoms with van der Waals surface area (Å²) < 4.78 is 43.5. The maximum atomic E-state index is 12.9. The Hall–Kier alpha value is -2.26. The van der Waals surface area contributed by atoms with Crippen molar-refractivity contribution in [2.24, 2.45) is 0 Å². The van der Waals surface area contributed by atoms with Gasteiger partial charge in [0.15, 0.2) is 0 Å². The molecule has 0 aliphatic carbocycles. The summed E-state index contributed by atoms with van der Waals surface area (Å²) in [6.07, 6.45) is 1.80. The van der Waals surface area contributed by atoms with E-state index in [2.05, 4.69) is 5.32 Å². The fourth-order valence-electron chi connectivity index (χ4n) is 2.58. The maximum Gasteiger partial charge on any atom is 0.240 e. The first-order chi connectivity index (χ1) is 13.8. The highest BCUT2D eigenvalue weighted by Crippen LogP contribution is 2.29. The van der Waals surface area contributed by atoms with Crippen LogP contribution in [-0.2, 0) is 20.6 Å². The summed E-state index contributed by atoms with van der Waals surface area (Å²) in [6, 6.07) is 13.0. The number of halogens is 1. The highest BCUT2D eigenvalue weighted by Gasteiger charge is 2.23. The van der Waals surface area contributed by atoms with Crippen LogP contribution < -0.4 is 14.4 Å². The Morgan fingerprint density at radius 3 is 2.52 bits per heavy atom. The molecule has 0 fully saturated rings. The molecule has 0 atom stereocenters. The molecule has 0 spiro atoms. The molecular formula is C20H25FN2O4S2. The molecule has 9 heteroatoms. The van der Waals surface area contributed by atoms with E-state index in [-0.39, 0.29) is 18.3 Å². The van der Waals surface area contributed by atoms with Crippen molar-refractivity contribution in [3.05, 3.63) is 59.9 Å². The Morgan fingerprint density at radius 1 is 1.17 bits per heavy atom. The first-order valence-corrected chi connectivity index (χ1v) is 12.0. The zero-order chi connectivity index (χ0) is 21.3. The monoisotopic (exact) mass is 440 g/mol. The van der Waals surface area contributed by atoms with Crippen LogP contribution in [0.3, 0.4) is 0 Å². The molecule has 1 N–H and O–H groups in total. The number of ether oxygens (including phenoxy) is 1. The third kappa shape index (κ3) is 7.58. The Morgan fingerprint density at radius 2 is 1.86 bits per heavy atom. The normalized spacial score (nSPS) is 11.1.